The lowest BCUT2D eigenvalue weighted by atomic mass is 9.94. The van der Waals surface area contributed by atoms with Crippen molar-refractivity contribution < 1.29 is 22.4 Å². The number of allylic oxidation sites excluding steroid dienone is 2. The molecule has 0 saturated carbocycles. The third kappa shape index (κ3) is 6.48. The second-order valence-corrected chi connectivity index (χ2v) is 19.7. The van der Waals surface area contributed by atoms with Gasteiger partial charge in [0, 0.05) is 11.9 Å². The number of hydrogen-bond donors (Lipinski definition) is 0. The van der Waals surface area contributed by atoms with Crippen molar-refractivity contribution in [2.45, 2.75) is 56.8 Å². The normalized spacial score (nSPS) is 20.1. The number of benzene rings is 3. The molecule has 0 N–H and O–H groups in total. The van der Waals surface area contributed by atoms with Crippen molar-refractivity contribution in [2.75, 3.05) is 13.7 Å². The summed E-state index contributed by atoms with van der Waals surface area (Å²) in [5, 5.41) is -0.230. The summed E-state index contributed by atoms with van der Waals surface area (Å²) in [6.07, 6.45) is 7.53. The van der Waals surface area contributed by atoms with Gasteiger partial charge in [0.1, 0.15) is 11.3 Å². The monoisotopic (exact) mass is 654 g/mol. The third-order valence-corrected chi connectivity index (χ3v) is 15.0. The summed E-state index contributed by atoms with van der Waals surface area (Å²) in [6.45, 7) is 12.2. The van der Waals surface area contributed by atoms with Gasteiger partial charge in [-0.25, -0.2) is 13.2 Å². The van der Waals surface area contributed by atoms with Crippen LogP contribution in [-0.2, 0) is 24.0 Å². The maximum atomic E-state index is 14.6. The Morgan fingerprint density at radius 2 is 1.43 bits per heavy atom. The number of fused-ring (bicyclic) bond motifs is 1. The molecule has 0 spiro atoms. The Balaban J connectivity index is 1.86. The van der Waals surface area contributed by atoms with Crippen LogP contribution in [0.15, 0.2) is 126 Å². The number of rotatable bonds is 7. The van der Waals surface area contributed by atoms with Gasteiger partial charge in [0.05, 0.1) is 30.3 Å². The second kappa shape index (κ2) is 12.8. The van der Waals surface area contributed by atoms with Gasteiger partial charge in [-0.15, -0.1) is 0 Å². The number of ether oxygens (including phenoxy) is 1. The molecule has 0 amide bonds. The molecule has 0 fully saturated rings. The Morgan fingerprint density at radius 1 is 0.870 bits per heavy atom. The van der Waals surface area contributed by atoms with E-state index in [-0.39, 0.29) is 27.8 Å². The van der Waals surface area contributed by atoms with Gasteiger partial charge in [-0.1, -0.05) is 111 Å². The highest BCUT2D eigenvalue weighted by atomic mass is 32.2. The number of nitrogens with zero attached hydrogens (tertiary/aromatic N) is 2. The van der Waals surface area contributed by atoms with Crippen molar-refractivity contribution in [3.05, 3.63) is 137 Å². The number of esters is 1. The minimum atomic E-state index is -4.12. The van der Waals surface area contributed by atoms with Crippen LogP contribution in [0.2, 0.25) is 18.1 Å². The molecule has 1 atom stereocenters. The third-order valence-electron chi connectivity index (χ3n) is 8.86. The van der Waals surface area contributed by atoms with Gasteiger partial charge in [0.15, 0.2) is 0 Å². The van der Waals surface area contributed by atoms with Crippen molar-refractivity contribution in [2.24, 2.45) is 0 Å². The minimum Gasteiger partial charge on any atom is -0.545 e. The van der Waals surface area contributed by atoms with Crippen LogP contribution in [0.5, 0.6) is 0 Å². The zero-order chi connectivity index (χ0) is 33.3. The summed E-state index contributed by atoms with van der Waals surface area (Å²) in [5.41, 5.74) is 4.30. The van der Waals surface area contributed by atoms with Crippen LogP contribution < -0.4 is 0 Å². The number of aryl methyl sites for hydroxylation is 1. The fourth-order valence-corrected chi connectivity index (χ4v) is 7.64. The van der Waals surface area contributed by atoms with Crippen LogP contribution in [0.4, 0.5) is 0 Å². The summed E-state index contributed by atoms with van der Waals surface area (Å²) in [7, 11) is -5.36. The van der Waals surface area contributed by atoms with Crippen molar-refractivity contribution in [3.8, 4) is 0 Å². The summed E-state index contributed by atoms with van der Waals surface area (Å²) in [5.74, 6) is -0.295. The molecule has 0 saturated heterocycles. The summed E-state index contributed by atoms with van der Waals surface area (Å²) >= 11 is 0. The van der Waals surface area contributed by atoms with Gasteiger partial charge in [0.2, 0.25) is 8.32 Å². The largest absolute Gasteiger partial charge is 0.545 e. The van der Waals surface area contributed by atoms with E-state index < -0.39 is 30.4 Å². The molecule has 0 aromatic heterocycles. The van der Waals surface area contributed by atoms with Crippen LogP contribution >= 0.6 is 0 Å². The standard InChI is InChI=1S/C37H42N2O5SSi/c1-27-21-23-30(24-22-27)45(41,42)38-25-33(29-17-12-9-13-18-29)39-31(28-15-10-8-11-16-28)19-14-20-32(39)35(36(40)43-5)34(26-38)44-46(6,7)37(2,3)4/h8-25,32H,26H2,1-7H3/b33-25-,35-34-. The first-order valence-electron chi connectivity index (χ1n) is 15.3. The zero-order valence-corrected chi connectivity index (χ0v) is 29.3. The van der Waals surface area contributed by atoms with Gasteiger partial charge in [-0.2, -0.15) is 0 Å². The van der Waals surface area contributed by atoms with E-state index in [4.69, 9.17) is 9.16 Å². The van der Waals surface area contributed by atoms with Gasteiger partial charge in [-0.3, -0.25) is 4.31 Å². The first-order valence-corrected chi connectivity index (χ1v) is 19.7. The van der Waals surface area contributed by atoms with Crippen LogP contribution in [0.1, 0.15) is 37.5 Å². The number of sulfonamides is 1. The Kier molecular flexibility index (Phi) is 9.20. The number of methoxy groups -OCH3 is 1. The molecule has 7 nitrogen and oxygen atoms in total. The van der Waals surface area contributed by atoms with E-state index >= 15 is 0 Å². The molecule has 9 heteroatoms. The molecule has 3 aromatic carbocycles. The van der Waals surface area contributed by atoms with Crippen molar-refractivity contribution in [1.82, 2.24) is 9.21 Å². The van der Waals surface area contributed by atoms with Crippen molar-refractivity contribution in [1.29, 1.82) is 0 Å². The van der Waals surface area contributed by atoms with E-state index in [0.717, 1.165) is 22.4 Å². The number of carbonyl (C=O) groups is 1. The number of hydrogen-bond acceptors (Lipinski definition) is 6. The molecule has 3 aromatic rings. The molecule has 0 bridgehead atoms. The van der Waals surface area contributed by atoms with E-state index in [1.165, 1.54) is 11.4 Å². The highest BCUT2D eigenvalue weighted by Gasteiger charge is 2.44. The first kappa shape index (κ1) is 33.0. The maximum Gasteiger partial charge on any atom is 0.339 e. The van der Waals surface area contributed by atoms with Crippen LogP contribution in [0, 0.1) is 6.92 Å². The molecule has 2 aliphatic rings. The fraction of sp³-hybridized carbons (Fsp3) is 0.270. The Hall–Kier alpha value is -4.34. The molecule has 2 aliphatic heterocycles. The highest BCUT2D eigenvalue weighted by molar-refractivity contribution is 7.89. The predicted molar refractivity (Wildman–Crippen MR) is 186 cm³/mol. The lowest BCUT2D eigenvalue weighted by Crippen LogP contribution is -2.46. The average molecular weight is 655 g/mol. The Bertz CT molecular complexity index is 1820. The van der Waals surface area contributed by atoms with Gasteiger partial charge in [-0.05, 0) is 54.4 Å². The van der Waals surface area contributed by atoms with E-state index in [1.807, 2.05) is 90.7 Å². The van der Waals surface area contributed by atoms with E-state index in [9.17, 15) is 13.2 Å². The van der Waals surface area contributed by atoms with Crippen molar-refractivity contribution in [3.63, 3.8) is 0 Å². The van der Waals surface area contributed by atoms with Crippen molar-refractivity contribution >= 4 is 35.7 Å². The SMILES string of the molecule is COC(=O)/C1=C(\O[Si](C)(C)C(C)(C)C)CN(S(=O)(=O)c2ccc(C)cc2)/C=C(/c2ccccc2)N2C(c3ccccc3)=CC=CC12. The first-order chi connectivity index (χ1) is 21.7. The predicted octanol–water partition coefficient (Wildman–Crippen LogP) is 7.73. The molecule has 2 heterocycles. The molecule has 0 radical (unpaired) electrons. The molecular formula is C37H42N2O5SSi. The molecule has 1 unspecified atom stereocenters. The molecule has 5 rings (SSSR count). The molecular weight excluding hydrogens is 613 g/mol. The topological polar surface area (TPSA) is 76.1 Å². The highest BCUT2D eigenvalue weighted by Crippen LogP contribution is 2.43. The summed E-state index contributed by atoms with van der Waals surface area (Å²) < 4.78 is 42.8. The van der Waals surface area contributed by atoms with E-state index in [2.05, 4.69) is 33.9 Å². The van der Waals surface area contributed by atoms with E-state index in [0.29, 0.717) is 5.70 Å². The molecule has 46 heavy (non-hydrogen) atoms. The smallest absolute Gasteiger partial charge is 0.339 e. The molecule has 0 aliphatic carbocycles. The summed E-state index contributed by atoms with van der Waals surface area (Å²) in [6, 6.07) is 25.6. The Labute approximate surface area is 274 Å². The quantitative estimate of drug-likeness (QED) is 0.192. The van der Waals surface area contributed by atoms with Gasteiger partial charge >= 0.3 is 5.97 Å². The lowest BCUT2D eigenvalue weighted by molar-refractivity contribution is -0.136. The maximum absolute atomic E-state index is 14.6. The fourth-order valence-electron chi connectivity index (χ4n) is 5.27. The van der Waals surface area contributed by atoms with Crippen LogP contribution in [0.3, 0.4) is 0 Å². The minimum absolute atomic E-state index is 0.141. The second-order valence-electron chi connectivity index (χ2n) is 13.1. The Morgan fingerprint density at radius 3 is 1.98 bits per heavy atom. The van der Waals surface area contributed by atoms with Crippen LogP contribution in [0.25, 0.3) is 11.4 Å². The zero-order valence-electron chi connectivity index (χ0n) is 27.5. The van der Waals surface area contributed by atoms with Gasteiger partial charge < -0.3 is 14.1 Å². The number of carbonyl (C=O) groups excluding carboxylic acids is 1. The lowest BCUT2D eigenvalue weighted by Gasteiger charge is -2.43. The summed E-state index contributed by atoms with van der Waals surface area (Å²) in [4.78, 5) is 16.1. The average Bonchev–Trinajstić information content (AvgIpc) is 3.02. The van der Waals surface area contributed by atoms with Crippen LogP contribution in [-0.4, -0.2) is 51.6 Å². The molecule has 240 valence electrons. The van der Waals surface area contributed by atoms with Gasteiger partial charge in [0.25, 0.3) is 10.0 Å². The van der Waals surface area contributed by atoms with E-state index in [1.54, 1.807) is 30.5 Å².